The first kappa shape index (κ1) is 32.2. The fraction of sp³-hybridized carbons (Fsp3) is 0. The molecule has 0 aromatic heterocycles. The number of hydrogen-bond donors (Lipinski definition) is 2. The van der Waals surface area contributed by atoms with Gasteiger partial charge >= 0.3 is 59.1 Å². The maximum absolute atomic E-state index is 11.2. The van der Waals surface area contributed by atoms with Crippen LogP contribution in [0.25, 0.3) is 21.5 Å². The van der Waals surface area contributed by atoms with Crippen molar-refractivity contribution in [3.63, 3.8) is 0 Å². The molecule has 36 heavy (non-hydrogen) atoms. The van der Waals surface area contributed by atoms with Gasteiger partial charge in [0.2, 0.25) is 0 Å². The second kappa shape index (κ2) is 12.6. The Kier molecular flexibility index (Phi) is 11.3. The molecule has 176 valence electrons. The van der Waals surface area contributed by atoms with E-state index in [1.165, 1.54) is 24.3 Å². The summed E-state index contributed by atoms with van der Waals surface area (Å²) in [6, 6.07) is 17.6. The minimum absolute atomic E-state index is 0. The predicted octanol–water partition coefficient (Wildman–Crippen LogP) is -5.09. The van der Waals surface area contributed by atoms with Gasteiger partial charge in [-0.2, -0.15) is 16.8 Å². The van der Waals surface area contributed by atoms with Crippen molar-refractivity contribution in [1.82, 2.24) is 0 Å². The molecule has 0 aliphatic rings. The Morgan fingerprint density at radius 2 is 0.861 bits per heavy atom. The van der Waals surface area contributed by atoms with Crippen LogP contribution in [0.1, 0.15) is 20.7 Å². The molecule has 0 heterocycles. The Hall–Kier alpha value is -1.84. The van der Waals surface area contributed by atoms with Crippen LogP contribution in [0.5, 0.6) is 0 Å². The smallest absolute Gasteiger partial charge is 0.545 e. The molecule has 4 aromatic carbocycles. The van der Waals surface area contributed by atoms with Gasteiger partial charge in [-0.15, -0.1) is 0 Å². The molecule has 0 amide bonds. The summed E-state index contributed by atoms with van der Waals surface area (Å²) in [5, 5.41) is 23.0. The van der Waals surface area contributed by atoms with Gasteiger partial charge < -0.3 is 19.8 Å². The summed E-state index contributed by atoms with van der Waals surface area (Å²) in [7, 11) is -9.25. The Morgan fingerprint density at radius 3 is 1.14 bits per heavy atom. The molecule has 14 heteroatoms. The second-order valence-electron chi connectivity index (χ2n) is 6.85. The number of fused-ring (bicyclic) bond motifs is 2. The second-order valence-corrected chi connectivity index (χ2v) is 9.57. The van der Waals surface area contributed by atoms with Crippen LogP contribution in [-0.2, 0) is 20.2 Å². The number of hydrogen-bond acceptors (Lipinski definition) is 8. The van der Waals surface area contributed by atoms with Gasteiger partial charge in [-0.1, -0.05) is 72.8 Å². The molecule has 0 spiro atoms. The number of carbonyl (C=O) groups is 2. The van der Waals surface area contributed by atoms with Crippen molar-refractivity contribution < 1.29 is 105 Å². The summed E-state index contributed by atoms with van der Waals surface area (Å²) in [4.78, 5) is 20.4. The Morgan fingerprint density at radius 1 is 0.556 bits per heavy atom. The van der Waals surface area contributed by atoms with Crippen LogP contribution in [0.3, 0.4) is 0 Å². The van der Waals surface area contributed by atoms with Crippen LogP contribution in [-0.4, -0.2) is 37.9 Å². The van der Waals surface area contributed by atoms with E-state index in [1.807, 2.05) is 0 Å². The maximum Gasteiger partial charge on any atom is 1.00 e. The minimum atomic E-state index is -4.63. The third-order valence-electron chi connectivity index (χ3n) is 4.71. The number of carboxylic acid groups (broad SMARTS) is 2. The van der Waals surface area contributed by atoms with Crippen molar-refractivity contribution in [2.75, 3.05) is 0 Å². The Labute approximate surface area is 250 Å². The fourth-order valence-corrected chi connectivity index (χ4v) is 5.15. The van der Waals surface area contributed by atoms with Gasteiger partial charge in [0.15, 0.2) is 0 Å². The van der Waals surface area contributed by atoms with E-state index in [0.29, 0.717) is 10.8 Å². The molecular weight excluding hydrogens is 534 g/mol. The van der Waals surface area contributed by atoms with Crippen LogP contribution in [0.15, 0.2) is 82.6 Å². The fourth-order valence-electron chi connectivity index (χ4n) is 3.36. The third kappa shape index (κ3) is 7.13. The van der Waals surface area contributed by atoms with E-state index in [1.54, 1.807) is 36.4 Å². The number of rotatable bonds is 4. The van der Waals surface area contributed by atoms with Crippen molar-refractivity contribution in [3.05, 3.63) is 83.9 Å². The standard InChI is InChI=1S/2C11H8O5S.2Na/c2*12-11(13)9-6-5-7-3-1-2-4-8(7)10(9)17(14,15)16;;/h2*1-6H,(H,12,13)(H,14,15,16);;/q;;2*+1/p-2. The van der Waals surface area contributed by atoms with Gasteiger partial charge in [0.05, 0.1) is 11.9 Å². The van der Waals surface area contributed by atoms with E-state index in [4.69, 9.17) is 9.11 Å². The summed E-state index contributed by atoms with van der Waals surface area (Å²) in [6.45, 7) is 0. The molecule has 0 radical (unpaired) electrons. The molecule has 0 fully saturated rings. The van der Waals surface area contributed by atoms with E-state index in [2.05, 4.69) is 0 Å². The van der Waals surface area contributed by atoms with Gasteiger partial charge in [0, 0.05) is 21.9 Å². The van der Waals surface area contributed by atoms with Gasteiger partial charge in [-0.3, -0.25) is 9.11 Å². The summed E-state index contributed by atoms with van der Waals surface area (Å²) in [5.74, 6) is -3.30. The van der Waals surface area contributed by atoms with Crippen molar-refractivity contribution in [2.24, 2.45) is 0 Å². The number of aromatic carboxylic acids is 2. The van der Waals surface area contributed by atoms with Crippen molar-refractivity contribution in [3.8, 4) is 0 Å². The van der Waals surface area contributed by atoms with E-state index in [-0.39, 0.29) is 69.9 Å². The Bertz CT molecular complexity index is 1540. The SMILES string of the molecule is O=C([O-])c1ccc2ccccc2c1S(=O)(=O)O.O=C([O-])c1ccc2ccccc2c1S(=O)(=O)O.[Na+].[Na+]. The quantitative estimate of drug-likeness (QED) is 0.184. The number of carboxylic acids is 2. The van der Waals surface area contributed by atoms with Crippen molar-refractivity contribution in [1.29, 1.82) is 0 Å². The largest absolute Gasteiger partial charge is 1.00 e. The molecule has 2 N–H and O–H groups in total. The average molecular weight is 548 g/mol. The minimum Gasteiger partial charge on any atom is -0.545 e. The zero-order valence-electron chi connectivity index (χ0n) is 18.9. The molecule has 10 nitrogen and oxygen atoms in total. The van der Waals surface area contributed by atoms with E-state index >= 15 is 0 Å². The van der Waals surface area contributed by atoms with Gasteiger partial charge in [0.1, 0.15) is 9.79 Å². The van der Waals surface area contributed by atoms with Crippen LogP contribution >= 0.6 is 0 Å². The first-order valence-corrected chi connectivity index (χ1v) is 12.1. The molecule has 4 rings (SSSR count). The zero-order chi connectivity index (χ0) is 25.3. The first-order valence-electron chi connectivity index (χ1n) is 9.23. The molecule has 0 atom stereocenters. The van der Waals surface area contributed by atoms with Crippen molar-refractivity contribution in [2.45, 2.75) is 9.79 Å². The van der Waals surface area contributed by atoms with Crippen LogP contribution in [0, 0.1) is 0 Å². The molecule has 0 aliphatic carbocycles. The summed E-state index contributed by atoms with van der Waals surface area (Å²) >= 11 is 0. The molecule has 4 aromatic rings. The molecular formula is C22H14Na2O10S2. The molecule has 0 saturated carbocycles. The van der Waals surface area contributed by atoms with Crippen molar-refractivity contribution >= 4 is 53.7 Å². The summed E-state index contributed by atoms with van der Waals surface area (Å²) < 4.78 is 63.1. The monoisotopic (exact) mass is 548 g/mol. The topological polar surface area (TPSA) is 189 Å². The van der Waals surface area contributed by atoms with E-state index < -0.39 is 53.1 Å². The molecule has 0 aliphatic heterocycles. The number of benzene rings is 4. The predicted molar refractivity (Wildman–Crippen MR) is 116 cm³/mol. The molecule has 0 bridgehead atoms. The summed E-state index contributed by atoms with van der Waals surface area (Å²) in [5.41, 5.74) is -1.10. The van der Waals surface area contributed by atoms with Crippen LogP contribution in [0.4, 0.5) is 0 Å². The third-order valence-corrected chi connectivity index (χ3v) is 6.63. The van der Waals surface area contributed by atoms with Gasteiger partial charge in [-0.05, 0) is 10.8 Å². The maximum atomic E-state index is 11.2. The zero-order valence-corrected chi connectivity index (χ0v) is 24.5. The van der Waals surface area contributed by atoms with Gasteiger partial charge in [0.25, 0.3) is 20.2 Å². The Balaban J connectivity index is 0.000000341. The van der Waals surface area contributed by atoms with Crippen LogP contribution < -0.4 is 69.3 Å². The first-order chi connectivity index (χ1) is 15.8. The van der Waals surface area contributed by atoms with Gasteiger partial charge in [-0.25, -0.2) is 0 Å². The summed E-state index contributed by atoms with van der Waals surface area (Å²) in [6.07, 6.45) is 0. The van der Waals surface area contributed by atoms with E-state index in [9.17, 15) is 36.6 Å². The van der Waals surface area contributed by atoms with Crippen LogP contribution in [0.2, 0.25) is 0 Å². The molecule has 0 unspecified atom stereocenters. The molecule has 0 saturated heterocycles. The van der Waals surface area contributed by atoms with E-state index in [0.717, 1.165) is 12.1 Å². The number of carbonyl (C=O) groups excluding carboxylic acids is 2. The normalized spacial score (nSPS) is 10.9. The average Bonchev–Trinajstić information content (AvgIpc) is 2.76.